The maximum atomic E-state index is 11.0. The van der Waals surface area contributed by atoms with Crippen molar-refractivity contribution in [3.05, 3.63) is 34.3 Å². The molecule has 0 saturated carbocycles. The fourth-order valence-electron chi connectivity index (χ4n) is 0.995. The maximum Gasteiger partial charge on any atom is 0.332 e. The van der Waals surface area contributed by atoms with Crippen LogP contribution in [0, 0.1) is 0 Å². The molecule has 1 aromatic carbocycles. The van der Waals surface area contributed by atoms with E-state index in [1.54, 1.807) is 24.3 Å². The molecule has 0 aliphatic carbocycles. The third kappa shape index (κ3) is 2.64. The molecular formula is C8H10BrO3P. The van der Waals surface area contributed by atoms with E-state index < -0.39 is 13.3 Å². The lowest BCUT2D eigenvalue weighted by Crippen LogP contribution is -1.95. The lowest BCUT2D eigenvalue weighted by Gasteiger charge is -2.14. The maximum absolute atomic E-state index is 11.0. The van der Waals surface area contributed by atoms with Crippen LogP contribution in [0.4, 0.5) is 0 Å². The summed E-state index contributed by atoms with van der Waals surface area (Å²) in [6, 6.07) is 7.03. The first-order valence-electron chi connectivity index (χ1n) is 3.72. The van der Waals surface area contributed by atoms with E-state index in [9.17, 15) is 4.57 Å². The number of hydrogen-bond acceptors (Lipinski definition) is 1. The average molecular weight is 265 g/mol. The van der Waals surface area contributed by atoms with E-state index in [0.717, 1.165) is 4.47 Å². The Bertz CT molecular complexity index is 347. The van der Waals surface area contributed by atoms with Gasteiger partial charge in [0, 0.05) is 4.47 Å². The predicted molar refractivity (Wildman–Crippen MR) is 54.6 cm³/mol. The van der Waals surface area contributed by atoms with Crippen LogP contribution in [0.15, 0.2) is 28.7 Å². The van der Waals surface area contributed by atoms with Crippen LogP contribution >= 0.6 is 23.5 Å². The molecule has 72 valence electrons. The molecule has 1 atom stereocenters. The second-order valence-corrected chi connectivity index (χ2v) is 5.59. The van der Waals surface area contributed by atoms with Gasteiger partial charge in [0.15, 0.2) is 0 Å². The fraction of sp³-hybridized carbons (Fsp3) is 0.250. The van der Waals surface area contributed by atoms with Crippen LogP contribution < -0.4 is 0 Å². The second-order valence-electron chi connectivity index (χ2n) is 2.79. The molecule has 0 aliphatic rings. The first-order chi connectivity index (χ1) is 5.93. The molecular weight excluding hydrogens is 255 g/mol. The molecule has 1 rings (SSSR count). The Hall–Kier alpha value is -0.150. The van der Waals surface area contributed by atoms with E-state index in [0.29, 0.717) is 5.56 Å². The number of rotatable bonds is 2. The predicted octanol–water partition coefficient (Wildman–Crippen LogP) is 2.69. The minimum Gasteiger partial charge on any atom is -0.324 e. The molecule has 0 heterocycles. The molecule has 0 spiro atoms. The first-order valence-corrected chi connectivity index (χ1v) is 6.20. The SMILES string of the molecule is CC(c1ccccc1Br)P(=O)(O)O. The van der Waals surface area contributed by atoms with Crippen molar-refractivity contribution in [2.24, 2.45) is 0 Å². The minimum atomic E-state index is -4.04. The van der Waals surface area contributed by atoms with Crippen LogP contribution in [0.3, 0.4) is 0 Å². The Morgan fingerprint density at radius 1 is 1.38 bits per heavy atom. The van der Waals surface area contributed by atoms with Gasteiger partial charge < -0.3 is 9.79 Å². The lowest BCUT2D eigenvalue weighted by molar-refractivity contribution is 0.361. The molecule has 1 unspecified atom stereocenters. The summed E-state index contributed by atoms with van der Waals surface area (Å²) in [6.07, 6.45) is 0. The Morgan fingerprint density at radius 3 is 2.38 bits per heavy atom. The second kappa shape index (κ2) is 3.93. The molecule has 3 nitrogen and oxygen atoms in total. The highest BCUT2D eigenvalue weighted by Gasteiger charge is 2.26. The van der Waals surface area contributed by atoms with E-state index >= 15 is 0 Å². The molecule has 0 amide bonds. The Labute approximate surface area is 85.1 Å². The van der Waals surface area contributed by atoms with Gasteiger partial charge in [-0.25, -0.2) is 0 Å². The number of benzene rings is 1. The van der Waals surface area contributed by atoms with Gasteiger partial charge in [0.1, 0.15) is 0 Å². The van der Waals surface area contributed by atoms with Gasteiger partial charge in [0.2, 0.25) is 0 Å². The topological polar surface area (TPSA) is 57.5 Å². The fourth-order valence-corrected chi connectivity index (χ4v) is 2.39. The molecule has 1 aromatic rings. The quantitative estimate of drug-likeness (QED) is 0.808. The molecule has 0 aromatic heterocycles. The van der Waals surface area contributed by atoms with E-state index in [1.807, 2.05) is 0 Å². The molecule has 0 radical (unpaired) electrons. The zero-order chi connectivity index (χ0) is 10.1. The molecule has 2 N–H and O–H groups in total. The van der Waals surface area contributed by atoms with Crippen molar-refractivity contribution in [2.45, 2.75) is 12.6 Å². The van der Waals surface area contributed by atoms with Crippen molar-refractivity contribution in [1.82, 2.24) is 0 Å². The van der Waals surface area contributed by atoms with Crippen molar-refractivity contribution in [3.63, 3.8) is 0 Å². The standard InChI is InChI=1S/C8H10BrO3P/c1-6(13(10,11)12)7-4-2-3-5-8(7)9/h2-6H,1H3,(H2,10,11,12). The first kappa shape index (κ1) is 10.9. The summed E-state index contributed by atoms with van der Waals surface area (Å²) in [5.74, 6) is 0. The third-order valence-corrected chi connectivity index (χ3v) is 3.87. The van der Waals surface area contributed by atoms with Crippen molar-refractivity contribution < 1.29 is 14.4 Å². The van der Waals surface area contributed by atoms with E-state index in [1.165, 1.54) is 6.92 Å². The van der Waals surface area contributed by atoms with Gasteiger partial charge in [-0.15, -0.1) is 0 Å². The summed E-state index contributed by atoms with van der Waals surface area (Å²) < 4.78 is 11.7. The van der Waals surface area contributed by atoms with Gasteiger partial charge in [0.05, 0.1) is 5.66 Å². The van der Waals surface area contributed by atoms with Crippen LogP contribution in [0.1, 0.15) is 18.1 Å². The summed E-state index contributed by atoms with van der Waals surface area (Å²) in [4.78, 5) is 17.9. The van der Waals surface area contributed by atoms with Crippen molar-refractivity contribution >= 4 is 23.5 Å². The molecule has 0 saturated heterocycles. The molecule has 0 fully saturated rings. The number of halogens is 1. The Balaban J connectivity index is 3.09. The highest BCUT2D eigenvalue weighted by Crippen LogP contribution is 2.52. The van der Waals surface area contributed by atoms with Crippen LogP contribution in [-0.4, -0.2) is 9.79 Å². The zero-order valence-electron chi connectivity index (χ0n) is 7.01. The minimum absolute atomic E-state index is 0.635. The van der Waals surface area contributed by atoms with Crippen LogP contribution in [0.25, 0.3) is 0 Å². The summed E-state index contributed by atoms with van der Waals surface area (Å²) in [5, 5.41) is 0. The smallest absolute Gasteiger partial charge is 0.324 e. The molecule has 0 bridgehead atoms. The normalized spacial score (nSPS) is 14.2. The highest BCUT2D eigenvalue weighted by atomic mass is 79.9. The van der Waals surface area contributed by atoms with Gasteiger partial charge in [-0.1, -0.05) is 34.1 Å². The van der Waals surface area contributed by atoms with Crippen molar-refractivity contribution in [2.75, 3.05) is 0 Å². The van der Waals surface area contributed by atoms with Crippen LogP contribution in [0.2, 0.25) is 0 Å². The Kier molecular flexibility index (Phi) is 3.30. The van der Waals surface area contributed by atoms with E-state index in [2.05, 4.69) is 15.9 Å². The molecule has 5 heteroatoms. The van der Waals surface area contributed by atoms with Gasteiger partial charge >= 0.3 is 7.60 Å². The van der Waals surface area contributed by atoms with Gasteiger partial charge in [-0.3, -0.25) is 4.57 Å². The zero-order valence-corrected chi connectivity index (χ0v) is 9.50. The summed E-state index contributed by atoms with van der Waals surface area (Å²) >= 11 is 3.25. The monoisotopic (exact) mass is 264 g/mol. The Morgan fingerprint density at radius 2 is 1.92 bits per heavy atom. The molecule has 13 heavy (non-hydrogen) atoms. The lowest BCUT2D eigenvalue weighted by atomic mass is 10.2. The van der Waals surface area contributed by atoms with Gasteiger partial charge in [-0.2, -0.15) is 0 Å². The third-order valence-electron chi connectivity index (χ3n) is 1.86. The molecule has 0 aliphatic heterocycles. The summed E-state index contributed by atoms with van der Waals surface area (Å²) in [6.45, 7) is 1.51. The van der Waals surface area contributed by atoms with Crippen LogP contribution in [-0.2, 0) is 4.57 Å². The van der Waals surface area contributed by atoms with E-state index in [-0.39, 0.29) is 0 Å². The summed E-state index contributed by atoms with van der Waals surface area (Å²) in [5.41, 5.74) is -0.126. The number of hydrogen-bond donors (Lipinski definition) is 2. The van der Waals surface area contributed by atoms with E-state index in [4.69, 9.17) is 9.79 Å². The largest absolute Gasteiger partial charge is 0.332 e. The van der Waals surface area contributed by atoms with Crippen molar-refractivity contribution in [3.8, 4) is 0 Å². The average Bonchev–Trinajstić information content (AvgIpc) is 2.02. The van der Waals surface area contributed by atoms with Crippen LogP contribution in [0.5, 0.6) is 0 Å². The summed E-state index contributed by atoms with van der Waals surface area (Å²) in [7, 11) is -4.04. The van der Waals surface area contributed by atoms with Gasteiger partial charge in [0.25, 0.3) is 0 Å². The van der Waals surface area contributed by atoms with Crippen molar-refractivity contribution in [1.29, 1.82) is 0 Å². The highest BCUT2D eigenvalue weighted by molar-refractivity contribution is 9.10. The van der Waals surface area contributed by atoms with Gasteiger partial charge in [-0.05, 0) is 18.6 Å².